The molecular weight excluding hydrogens is 274 g/mol. The van der Waals surface area contributed by atoms with Crippen molar-refractivity contribution in [1.29, 1.82) is 0 Å². The largest absolute Gasteiger partial charge is 0.497 e. The molecule has 4 rings (SSSR count). The van der Waals surface area contributed by atoms with Gasteiger partial charge in [-0.2, -0.15) is 5.10 Å². The fourth-order valence-corrected chi connectivity index (χ4v) is 3.14. The summed E-state index contributed by atoms with van der Waals surface area (Å²) in [5.41, 5.74) is 5.96. The standard InChI is InChI=1S/C18H17N3O/c1-11-14-5-3-4-6-15(14)17-16(11)18(21-20-17)19-12-7-9-13(22-2)10-8-12/h3-11H,1-2H3,(H2,19,20,21). The highest BCUT2D eigenvalue weighted by Crippen LogP contribution is 2.46. The quantitative estimate of drug-likeness (QED) is 0.756. The summed E-state index contributed by atoms with van der Waals surface area (Å²) >= 11 is 0. The number of H-pyrrole nitrogens is 1. The molecule has 110 valence electrons. The van der Waals surface area contributed by atoms with E-state index < -0.39 is 0 Å². The number of rotatable bonds is 3. The average Bonchev–Trinajstić information content (AvgIpc) is 3.09. The molecule has 0 fully saturated rings. The second kappa shape index (κ2) is 4.91. The number of aromatic nitrogens is 2. The van der Waals surface area contributed by atoms with Crippen LogP contribution in [0.15, 0.2) is 48.5 Å². The molecule has 0 spiro atoms. The number of aromatic amines is 1. The summed E-state index contributed by atoms with van der Waals surface area (Å²) in [7, 11) is 1.67. The zero-order valence-electron chi connectivity index (χ0n) is 12.6. The smallest absolute Gasteiger partial charge is 0.156 e. The van der Waals surface area contributed by atoms with Gasteiger partial charge in [0.05, 0.1) is 12.8 Å². The van der Waals surface area contributed by atoms with E-state index >= 15 is 0 Å². The van der Waals surface area contributed by atoms with Crippen LogP contribution >= 0.6 is 0 Å². The third-order valence-corrected chi connectivity index (χ3v) is 4.29. The van der Waals surface area contributed by atoms with Gasteiger partial charge >= 0.3 is 0 Å². The molecule has 0 radical (unpaired) electrons. The second-order valence-corrected chi connectivity index (χ2v) is 5.52. The van der Waals surface area contributed by atoms with Crippen LogP contribution in [0.1, 0.15) is 24.0 Å². The zero-order valence-corrected chi connectivity index (χ0v) is 12.6. The summed E-state index contributed by atoms with van der Waals surface area (Å²) < 4.78 is 5.19. The Bertz CT molecular complexity index is 821. The van der Waals surface area contributed by atoms with E-state index in [1.165, 1.54) is 16.7 Å². The Labute approximate surface area is 129 Å². The van der Waals surface area contributed by atoms with Crippen LogP contribution in [-0.4, -0.2) is 17.3 Å². The molecule has 0 aliphatic heterocycles. The van der Waals surface area contributed by atoms with Crippen molar-refractivity contribution in [3.05, 3.63) is 59.7 Å². The van der Waals surface area contributed by atoms with Crippen molar-refractivity contribution < 1.29 is 4.74 Å². The molecule has 1 unspecified atom stereocenters. The van der Waals surface area contributed by atoms with Crippen molar-refractivity contribution in [1.82, 2.24) is 10.2 Å². The molecule has 2 N–H and O–H groups in total. The number of benzene rings is 2. The molecule has 0 amide bonds. The molecule has 22 heavy (non-hydrogen) atoms. The van der Waals surface area contributed by atoms with E-state index in [1.54, 1.807) is 7.11 Å². The first-order chi connectivity index (χ1) is 10.8. The molecule has 1 aliphatic carbocycles. The van der Waals surface area contributed by atoms with E-state index in [0.29, 0.717) is 5.92 Å². The highest BCUT2D eigenvalue weighted by molar-refractivity contribution is 5.81. The number of fused-ring (bicyclic) bond motifs is 3. The molecule has 1 heterocycles. The van der Waals surface area contributed by atoms with Crippen LogP contribution in [0.5, 0.6) is 5.75 Å². The molecular formula is C18H17N3O. The Morgan fingerprint density at radius 2 is 1.86 bits per heavy atom. The average molecular weight is 291 g/mol. The first kappa shape index (κ1) is 13.0. The number of nitrogens with zero attached hydrogens (tertiary/aromatic N) is 1. The van der Waals surface area contributed by atoms with Gasteiger partial charge in [0.2, 0.25) is 0 Å². The van der Waals surface area contributed by atoms with E-state index in [4.69, 9.17) is 4.74 Å². The van der Waals surface area contributed by atoms with Crippen LogP contribution in [0.25, 0.3) is 11.3 Å². The highest BCUT2D eigenvalue weighted by Gasteiger charge is 2.30. The minimum absolute atomic E-state index is 0.339. The minimum Gasteiger partial charge on any atom is -0.497 e. The van der Waals surface area contributed by atoms with Crippen LogP contribution < -0.4 is 10.1 Å². The molecule has 4 heteroatoms. The Morgan fingerprint density at radius 3 is 2.64 bits per heavy atom. The third kappa shape index (κ3) is 1.88. The molecule has 1 atom stereocenters. The van der Waals surface area contributed by atoms with E-state index in [1.807, 2.05) is 24.3 Å². The van der Waals surface area contributed by atoms with Gasteiger partial charge in [0.1, 0.15) is 5.75 Å². The maximum Gasteiger partial charge on any atom is 0.156 e. The summed E-state index contributed by atoms with van der Waals surface area (Å²) in [6.07, 6.45) is 0. The fraction of sp³-hybridized carbons (Fsp3) is 0.167. The predicted octanol–water partition coefficient (Wildman–Crippen LogP) is 4.29. The van der Waals surface area contributed by atoms with E-state index in [0.717, 1.165) is 22.9 Å². The van der Waals surface area contributed by atoms with Crippen LogP contribution in [0.4, 0.5) is 11.5 Å². The summed E-state index contributed by atoms with van der Waals surface area (Å²) in [5.74, 6) is 2.08. The van der Waals surface area contributed by atoms with Crippen LogP contribution in [0, 0.1) is 0 Å². The number of hydrogen-bond donors (Lipinski definition) is 2. The normalized spacial score (nSPS) is 15.3. The first-order valence-electron chi connectivity index (χ1n) is 7.36. The van der Waals surface area contributed by atoms with Crippen molar-refractivity contribution >= 4 is 11.5 Å². The van der Waals surface area contributed by atoms with Crippen molar-refractivity contribution in [3.63, 3.8) is 0 Å². The van der Waals surface area contributed by atoms with Crippen molar-refractivity contribution in [2.24, 2.45) is 0 Å². The SMILES string of the molecule is COc1ccc(Nc2n[nH]c3c2C(C)c2ccccc2-3)cc1. The van der Waals surface area contributed by atoms with Gasteiger partial charge in [0, 0.05) is 22.7 Å². The molecule has 0 saturated carbocycles. The Balaban J connectivity index is 1.70. The van der Waals surface area contributed by atoms with Gasteiger partial charge < -0.3 is 10.1 Å². The van der Waals surface area contributed by atoms with Gasteiger partial charge in [-0.05, 0) is 29.8 Å². The zero-order chi connectivity index (χ0) is 15.1. The molecule has 1 aliphatic rings. The van der Waals surface area contributed by atoms with Gasteiger partial charge in [-0.15, -0.1) is 0 Å². The van der Waals surface area contributed by atoms with Gasteiger partial charge in [0.25, 0.3) is 0 Å². The molecule has 0 saturated heterocycles. The second-order valence-electron chi connectivity index (χ2n) is 5.52. The number of ether oxygens (including phenoxy) is 1. The van der Waals surface area contributed by atoms with E-state index in [2.05, 4.69) is 46.7 Å². The van der Waals surface area contributed by atoms with Gasteiger partial charge in [-0.25, -0.2) is 0 Å². The van der Waals surface area contributed by atoms with Crippen LogP contribution in [-0.2, 0) is 0 Å². The topological polar surface area (TPSA) is 49.9 Å². The molecule has 2 aromatic carbocycles. The predicted molar refractivity (Wildman–Crippen MR) is 87.8 cm³/mol. The van der Waals surface area contributed by atoms with Crippen molar-refractivity contribution in [2.75, 3.05) is 12.4 Å². The number of nitrogens with one attached hydrogen (secondary N) is 2. The summed E-state index contributed by atoms with van der Waals surface area (Å²) in [4.78, 5) is 0. The van der Waals surface area contributed by atoms with E-state index in [-0.39, 0.29) is 0 Å². The highest BCUT2D eigenvalue weighted by atomic mass is 16.5. The maximum absolute atomic E-state index is 5.19. The Hall–Kier alpha value is -2.75. The van der Waals surface area contributed by atoms with Gasteiger partial charge in [-0.3, -0.25) is 5.10 Å². The summed E-state index contributed by atoms with van der Waals surface area (Å²) in [6, 6.07) is 16.3. The third-order valence-electron chi connectivity index (χ3n) is 4.29. The maximum atomic E-state index is 5.19. The van der Waals surface area contributed by atoms with Crippen molar-refractivity contribution in [2.45, 2.75) is 12.8 Å². The fourth-order valence-electron chi connectivity index (χ4n) is 3.14. The number of hydrogen-bond acceptors (Lipinski definition) is 3. The van der Waals surface area contributed by atoms with E-state index in [9.17, 15) is 0 Å². The van der Waals surface area contributed by atoms with Crippen LogP contribution in [0.3, 0.4) is 0 Å². The van der Waals surface area contributed by atoms with Crippen molar-refractivity contribution in [3.8, 4) is 17.0 Å². The first-order valence-corrected chi connectivity index (χ1v) is 7.36. The van der Waals surface area contributed by atoms with Gasteiger partial charge in [0.15, 0.2) is 5.82 Å². The number of methoxy groups -OCH3 is 1. The molecule has 4 nitrogen and oxygen atoms in total. The lowest BCUT2D eigenvalue weighted by atomic mass is 10.00. The lowest BCUT2D eigenvalue weighted by molar-refractivity contribution is 0.415. The minimum atomic E-state index is 0.339. The van der Waals surface area contributed by atoms with Crippen LogP contribution in [0.2, 0.25) is 0 Å². The Kier molecular flexibility index (Phi) is 2.89. The number of anilines is 2. The summed E-state index contributed by atoms with van der Waals surface area (Å²) in [6.45, 7) is 2.22. The lowest BCUT2D eigenvalue weighted by Gasteiger charge is -2.10. The van der Waals surface area contributed by atoms with Gasteiger partial charge in [-0.1, -0.05) is 31.2 Å². The molecule has 1 aromatic heterocycles. The lowest BCUT2D eigenvalue weighted by Crippen LogP contribution is -1.97. The monoisotopic (exact) mass is 291 g/mol. The summed E-state index contributed by atoms with van der Waals surface area (Å²) in [5, 5.41) is 11.0. The molecule has 3 aromatic rings. The molecule has 0 bridgehead atoms. The Morgan fingerprint density at radius 1 is 1.09 bits per heavy atom.